The molecule has 0 saturated heterocycles. The van der Waals surface area contributed by atoms with Crippen LogP contribution in [0.3, 0.4) is 0 Å². The average Bonchev–Trinajstić information content (AvgIpc) is 2.84. The smallest absolute Gasteiger partial charge is 0.343 e. The predicted octanol–water partition coefficient (Wildman–Crippen LogP) is 2.77. The maximum Gasteiger partial charge on any atom is 0.343 e. The highest BCUT2D eigenvalue weighted by Gasteiger charge is 2.31. The number of pyridine rings is 1. The van der Waals surface area contributed by atoms with Crippen LogP contribution in [0.2, 0.25) is 0 Å². The first-order chi connectivity index (χ1) is 11.4. The van der Waals surface area contributed by atoms with Gasteiger partial charge in [0.25, 0.3) is 0 Å². The van der Waals surface area contributed by atoms with Gasteiger partial charge in [0.2, 0.25) is 11.8 Å². The Morgan fingerprint density at radius 2 is 2.25 bits per heavy atom. The van der Waals surface area contributed by atoms with Crippen molar-refractivity contribution >= 4 is 11.8 Å². The van der Waals surface area contributed by atoms with Gasteiger partial charge < -0.3 is 15.2 Å². The van der Waals surface area contributed by atoms with Gasteiger partial charge in [-0.05, 0) is 32.9 Å². The molecule has 0 radical (unpaired) electrons. The van der Waals surface area contributed by atoms with Gasteiger partial charge in [-0.1, -0.05) is 0 Å². The number of aromatic nitrogens is 3. The van der Waals surface area contributed by atoms with E-state index >= 15 is 0 Å². The van der Waals surface area contributed by atoms with Gasteiger partial charge >= 0.3 is 5.97 Å². The molecule has 0 amide bonds. The van der Waals surface area contributed by atoms with Crippen LogP contribution in [0.1, 0.15) is 37.6 Å². The SMILES string of the molecule is CC(C)Nc1ccc(-c2nn3c(c2C(=O)O)O[C@H](C)CC3)c(F)n1. The Labute approximate surface area is 138 Å². The van der Waals surface area contributed by atoms with Crippen LogP contribution < -0.4 is 10.1 Å². The van der Waals surface area contributed by atoms with E-state index in [-0.39, 0.29) is 34.8 Å². The lowest BCUT2D eigenvalue weighted by atomic mass is 10.1. The van der Waals surface area contributed by atoms with Gasteiger partial charge in [0, 0.05) is 19.0 Å². The number of aromatic carboxylic acids is 1. The number of fused-ring (bicyclic) bond motifs is 1. The number of rotatable bonds is 4. The van der Waals surface area contributed by atoms with Crippen LogP contribution in [0.15, 0.2) is 12.1 Å². The number of hydrogen-bond donors (Lipinski definition) is 2. The maximum atomic E-state index is 14.4. The highest BCUT2D eigenvalue weighted by Crippen LogP contribution is 2.35. The molecule has 1 atom stereocenters. The van der Waals surface area contributed by atoms with E-state index in [1.165, 1.54) is 10.7 Å². The molecule has 0 saturated carbocycles. The second-order valence-corrected chi connectivity index (χ2v) is 6.11. The summed E-state index contributed by atoms with van der Waals surface area (Å²) in [5.74, 6) is -1.42. The number of carboxylic acids is 1. The largest absolute Gasteiger partial charge is 0.477 e. The van der Waals surface area contributed by atoms with Crippen LogP contribution in [0, 0.1) is 5.95 Å². The Balaban J connectivity index is 2.08. The fourth-order valence-electron chi connectivity index (χ4n) is 2.64. The minimum atomic E-state index is -1.20. The number of carbonyl (C=O) groups is 1. The van der Waals surface area contributed by atoms with Crippen molar-refractivity contribution in [2.75, 3.05) is 5.32 Å². The summed E-state index contributed by atoms with van der Waals surface area (Å²) in [5, 5.41) is 16.8. The molecule has 0 unspecified atom stereocenters. The van der Waals surface area contributed by atoms with Gasteiger partial charge in [-0.3, -0.25) is 0 Å². The lowest BCUT2D eigenvalue weighted by Gasteiger charge is -2.21. The first-order valence-corrected chi connectivity index (χ1v) is 7.81. The second kappa shape index (κ2) is 6.10. The van der Waals surface area contributed by atoms with Gasteiger partial charge in [0.15, 0.2) is 0 Å². The Bertz CT molecular complexity index is 788. The van der Waals surface area contributed by atoms with Crippen LogP contribution in [-0.4, -0.2) is 38.0 Å². The standard InChI is InChI=1S/C16H19FN4O3/c1-8(2)18-11-5-4-10(14(17)19-11)13-12(16(22)23)15-21(20-13)7-6-9(3)24-15/h4-5,8-9H,6-7H2,1-3H3,(H,18,19)(H,22,23)/t9-/m1/s1. The normalized spacial score (nSPS) is 16.6. The Kier molecular flexibility index (Phi) is 4.13. The van der Waals surface area contributed by atoms with Gasteiger partial charge in [0.1, 0.15) is 17.1 Å². The van der Waals surface area contributed by atoms with Crippen LogP contribution in [0.25, 0.3) is 11.3 Å². The van der Waals surface area contributed by atoms with Crippen molar-refractivity contribution in [2.45, 2.75) is 45.9 Å². The number of carboxylic acid groups (broad SMARTS) is 1. The van der Waals surface area contributed by atoms with E-state index in [0.717, 1.165) is 0 Å². The van der Waals surface area contributed by atoms with Crippen LogP contribution in [-0.2, 0) is 6.54 Å². The minimum Gasteiger partial charge on any atom is -0.477 e. The summed E-state index contributed by atoms with van der Waals surface area (Å²) in [6.07, 6.45) is 0.603. The zero-order chi connectivity index (χ0) is 17.4. The topological polar surface area (TPSA) is 89.3 Å². The molecular weight excluding hydrogens is 315 g/mol. The van der Waals surface area contributed by atoms with Gasteiger partial charge in [-0.15, -0.1) is 0 Å². The summed E-state index contributed by atoms with van der Waals surface area (Å²) in [5.41, 5.74) is -0.0561. The van der Waals surface area contributed by atoms with Crippen molar-refractivity contribution in [3.8, 4) is 17.1 Å². The first kappa shape index (κ1) is 16.2. The quantitative estimate of drug-likeness (QED) is 0.836. The third-order valence-corrected chi connectivity index (χ3v) is 3.72. The maximum absolute atomic E-state index is 14.4. The number of hydrogen-bond acceptors (Lipinski definition) is 5. The van der Waals surface area contributed by atoms with Gasteiger partial charge in [-0.25, -0.2) is 14.5 Å². The molecule has 24 heavy (non-hydrogen) atoms. The average molecular weight is 334 g/mol. The number of nitrogens with one attached hydrogen (secondary N) is 1. The fourth-order valence-corrected chi connectivity index (χ4v) is 2.64. The van der Waals surface area contributed by atoms with E-state index in [9.17, 15) is 14.3 Å². The monoisotopic (exact) mass is 334 g/mol. The third-order valence-electron chi connectivity index (χ3n) is 3.72. The molecule has 1 aliphatic heterocycles. The Hall–Kier alpha value is -2.64. The lowest BCUT2D eigenvalue weighted by molar-refractivity contribution is 0.0684. The third kappa shape index (κ3) is 2.91. The fraction of sp³-hybridized carbons (Fsp3) is 0.438. The van der Waals surface area contributed by atoms with Crippen molar-refractivity contribution in [1.29, 1.82) is 0 Å². The highest BCUT2D eigenvalue weighted by molar-refractivity contribution is 5.97. The number of ether oxygens (including phenoxy) is 1. The van der Waals surface area contributed by atoms with Crippen LogP contribution in [0.5, 0.6) is 5.88 Å². The van der Waals surface area contributed by atoms with Crippen molar-refractivity contribution in [2.24, 2.45) is 0 Å². The van der Waals surface area contributed by atoms with Gasteiger partial charge in [-0.2, -0.15) is 9.49 Å². The lowest BCUT2D eigenvalue weighted by Crippen LogP contribution is -2.24. The van der Waals surface area contributed by atoms with Crippen molar-refractivity contribution in [3.05, 3.63) is 23.6 Å². The van der Waals surface area contributed by atoms with Gasteiger partial charge in [0.05, 0.1) is 11.7 Å². The van der Waals surface area contributed by atoms with E-state index in [1.54, 1.807) is 6.07 Å². The summed E-state index contributed by atoms with van der Waals surface area (Å²) in [7, 11) is 0. The summed E-state index contributed by atoms with van der Waals surface area (Å²) in [6.45, 7) is 6.21. The van der Waals surface area contributed by atoms with E-state index in [0.29, 0.717) is 18.8 Å². The molecule has 128 valence electrons. The molecule has 0 spiro atoms. The number of aryl methyl sites for hydroxylation is 1. The summed E-state index contributed by atoms with van der Waals surface area (Å²) < 4.78 is 21.5. The molecule has 0 aromatic carbocycles. The molecule has 0 fully saturated rings. The second-order valence-electron chi connectivity index (χ2n) is 6.11. The predicted molar refractivity (Wildman–Crippen MR) is 85.8 cm³/mol. The molecule has 8 heteroatoms. The molecule has 3 heterocycles. The Morgan fingerprint density at radius 1 is 1.50 bits per heavy atom. The van der Waals surface area contributed by atoms with Crippen molar-refractivity contribution in [3.63, 3.8) is 0 Å². The van der Waals surface area contributed by atoms with Crippen molar-refractivity contribution in [1.82, 2.24) is 14.8 Å². The summed E-state index contributed by atoms with van der Waals surface area (Å²) in [4.78, 5) is 15.5. The number of halogens is 1. The molecule has 0 aliphatic carbocycles. The van der Waals surface area contributed by atoms with E-state index < -0.39 is 11.9 Å². The molecular formula is C16H19FN4O3. The zero-order valence-electron chi connectivity index (χ0n) is 13.7. The highest BCUT2D eigenvalue weighted by atomic mass is 19.1. The number of anilines is 1. The summed E-state index contributed by atoms with van der Waals surface area (Å²) in [6, 6.07) is 3.19. The Morgan fingerprint density at radius 3 is 2.88 bits per heavy atom. The molecule has 1 aliphatic rings. The molecule has 2 N–H and O–H groups in total. The van der Waals surface area contributed by atoms with E-state index in [2.05, 4.69) is 15.4 Å². The summed E-state index contributed by atoms with van der Waals surface area (Å²) >= 11 is 0. The van der Waals surface area contributed by atoms with E-state index in [4.69, 9.17) is 4.74 Å². The number of nitrogens with zero attached hydrogens (tertiary/aromatic N) is 3. The first-order valence-electron chi connectivity index (χ1n) is 7.81. The molecule has 0 bridgehead atoms. The molecule has 2 aromatic rings. The minimum absolute atomic E-state index is 0.0349. The van der Waals surface area contributed by atoms with Crippen molar-refractivity contribution < 1.29 is 19.0 Å². The molecule has 3 rings (SSSR count). The zero-order valence-corrected chi connectivity index (χ0v) is 13.7. The van der Waals surface area contributed by atoms with E-state index in [1.807, 2.05) is 20.8 Å². The van der Waals surface area contributed by atoms with Crippen LogP contribution >= 0.6 is 0 Å². The molecule has 7 nitrogen and oxygen atoms in total. The molecule has 2 aromatic heterocycles. The van der Waals surface area contributed by atoms with Crippen LogP contribution in [0.4, 0.5) is 10.2 Å².